The predicted octanol–water partition coefficient (Wildman–Crippen LogP) is 3.14. The average Bonchev–Trinajstić information content (AvgIpc) is 2.59. The van der Waals surface area contributed by atoms with Crippen molar-refractivity contribution >= 4 is 29.3 Å². The third-order valence-electron chi connectivity index (χ3n) is 3.20. The minimum Gasteiger partial charge on any atom is -0.465 e. The second-order valence-corrected chi connectivity index (χ2v) is 5.02. The van der Waals surface area contributed by atoms with Gasteiger partial charge in [0, 0.05) is 16.1 Å². The van der Waals surface area contributed by atoms with E-state index in [0.717, 1.165) is 0 Å². The minimum atomic E-state index is -0.726. The summed E-state index contributed by atoms with van der Waals surface area (Å²) in [6, 6.07) is 10.5. The standard InChI is InChI=1S/C17H13ClO5/c1-22-16(20)13-8-5-11(9-14(13)17(21)23-2)15(19)10-3-6-12(18)7-4-10/h3-9H,1-2H3. The van der Waals surface area contributed by atoms with Gasteiger partial charge in [-0.2, -0.15) is 0 Å². The van der Waals surface area contributed by atoms with Gasteiger partial charge >= 0.3 is 11.9 Å². The van der Waals surface area contributed by atoms with Crippen molar-refractivity contribution in [3.05, 3.63) is 69.7 Å². The van der Waals surface area contributed by atoms with Gasteiger partial charge in [0.2, 0.25) is 0 Å². The fourth-order valence-electron chi connectivity index (χ4n) is 2.02. The first kappa shape index (κ1) is 16.7. The number of esters is 2. The minimum absolute atomic E-state index is 0.0286. The lowest BCUT2D eigenvalue weighted by Gasteiger charge is -2.09. The van der Waals surface area contributed by atoms with Crippen LogP contribution in [-0.2, 0) is 9.47 Å². The number of hydrogen-bond donors (Lipinski definition) is 0. The van der Waals surface area contributed by atoms with Gasteiger partial charge in [-0.3, -0.25) is 4.79 Å². The Balaban J connectivity index is 2.48. The Labute approximate surface area is 137 Å². The van der Waals surface area contributed by atoms with Crippen LogP contribution in [0.1, 0.15) is 36.6 Å². The molecule has 0 saturated heterocycles. The van der Waals surface area contributed by atoms with E-state index in [1.807, 2.05) is 0 Å². The maximum atomic E-state index is 12.5. The van der Waals surface area contributed by atoms with Crippen LogP contribution in [0.2, 0.25) is 5.02 Å². The highest BCUT2D eigenvalue weighted by atomic mass is 35.5. The van der Waals surface area contributed by atoms with E-state index in [0.29, 0.717) is 10.6 Å². The van der Waals surface area contributed by atoms with E-state index >= 15 is 0 Å². The van der Waals surface area contributed by atoms with Gasteiger partial charge in [0.15, 0.2) is 5.78 Å². The summed E-state index contributed by atoms with van der Waals surface area (Å²) in [6.45, 7) is 0. The third kappa shape index (κ3) is 3.57. The van der Waals surface area contributed by atoms with Crippen molar-refractivity contribution < 1.29 is 23.9 Å². The second kappa shape index (κ2) is 7.07. The molecule has 0 amide bonds. The van der Waals surface area contributed by atoms with Crippen LogP contribution in [0.15, 0.2) is 42.5 Å². The summed E-state index contributed by atoms with van der Waals surface area (Å²) in [4.78, 5) is 36.0. The lowest BCUT2D eigenvalue weighted by Crippen LogP contribution is -2.13. The number of hydrogen-bond acceptors (Lipinski definition) is 5. The van der Waals surface area contributed by atoms with Crippen molar-refractivity contribution in [1.82, 2.24) is 0 Å². The average molecular weight is 333 g/mol. The van der Waals surface area contributed by atoms with Gasteiger partial charge in [0.05, 0.1) is 25.3 Å². The molecule has 0 bridgehead atoms. The summed E-state index contributed by atoms with van der Waals surface area (Å²) in [5.41, 5.74) is 0.669. The van der Waals surface area contributed by atoms with E-state index in [2.05, 4.69) is 9.47 Å². The molecule has 0 atom stereocenters. The maximum Gasteiger partial charge on any atom is 0.338 e. The van der Waals surface area contributed by atoms with Gasteiger partial charge in [0.25, 0.3) is 0 Å². The molecule has 0 unspecified atom stereocenters. The zero-order valence-corrected chi connectivity index (χ0v) is 13.2. The van der Waals surface area contributed by atoms with Gasteiger partial charge in [0.1, 0.15) is 0 Å². The smallest absolute Gasteiger partial charge is 0.338 e. The van der Waals surface area contributed by atoms with Crippen LogP contribution < -0.4 is 0 Å². The maximum absolute atomic E-state index is 12.5. The number of halogens is 1. The fourth-order valence-corrected chi connectivity index (χ4v) is 2.15. The Morgan fingerprint density at radius 3 is 1.87 bits per heavy atom. The number of rotatable bonds is 4. The van der Waals surface area contributed by atoms with Crippen LogP contribution >= 0.6 is 11.6 Å². The van der Waals surface area contributed by atoms with E-state index in [1.54, 1.807) is 24.3 Å². The topological polar surface area (TPSA) is 69.7 Å². The molecule has 0 aliphatic heterocycles. The summed E-state index contributed by atoms with van der Waals surface area (Å²) >= 11 is 5.80. The molecule has 0 aromatic heterocycles. The molecule has 0 spiro atoms. The molecule has 0 heterocycles. The third-order valence-corrected chi connectivity index (χ3v) is 3.45. The van der Waals surface area contributed by atoms with E-state index in [4.69, 9.17) is 11.6 Å². The van der Waals surface area contributed by atoms with Gasteiger partial charge in [-0.15, -0.1) is 0 Å². The molecule has 6 heteroatoms. The number of carbonyl (C=O) groups is 3. The molecule has 0 fully saturated rings. The number of ketones is 1. The van der Waals surface area contributed by atoms with Crippen molar-refractivity contribution in [2.75, 3.05) is 14.2 Å². The van der Waals surface area contributed by atoms with Crippen molar-refractivity contribution in [2.45, 2.75) is 0 Å². The molecule has 23 heavy (non-hydrogen) atoms. The molecule has 0 aliphatic rings. The first-order valence-electron chi connectivity index (χ1n) is 6.59. The number of ether oxygens (including phenoxy) is 2. The Bertz CT molecular complexity index is 765. The Hall–Kier alpha value is -2.66. The summed E-state index contributed by atoms with van der Waals surface area (Å²) in [6.07, 6.45) is 0. The van der Waals surface area contributed by atoms with Gasteiger partial charge in [-0.1, -0.05) is 17.7 Å². The van der Waals surface area contributed by atoms with Gasteiger partial charge < -0.3 is 9.47 Å². The van der Waals surface area contributed by atoms with E-state index in [-0.39, 0.29) is 22.5 Å². The van der Waals surface area contributed by atoms with Gasteiger partial charge in [-0.25, -0.2) is 9.59 Å². The molecule has 2 aromatic carbocycles. The van der Waals surface area contributed by atoms with E-state index in [9.17, 15) is 14.4 Å². The molecule has 0 aliphatic carbocycles. The molecule has 2 aromatic rings. The first-order valence-corrected chi connectivity index (χ1v) is 6.96. The second-order valence-electron chi connectivity index (χ2n) is 4.58. The highest BCUT2D eigenvalue weighted by Gasteiger charge is 2.21. The van der Waals surface area contributed by atoms with Crippen molar-refractivity contribution in [3.8, 4) is 0 Å². The summed E-state index contributed by atoms with van der Waals surface area (Å²) < 4.78 is 9.28. The van der Waals surface area contributed by atoms with Crippen LogP contribution in [0.25, 0.3) is 0 Å². The van der Waals surface area contributed by atoms with Crippen molar-refractivity contribution in [1.29, 1.82) is 0 Å². The Morgan fingerprint density at radius 1 is 0.783 bits per heavy atom. The normalized spacial score (nSPS) is 10.0. The first-order chi connectivity index (χ1) is 11.0. The van der Waals surface area contributed by atoms with E-state index < -0.39 is 11.9 Å². The number of carbonyl (C=O) groups excluding carboxylic acids is 3. The molecular weight excluding hydrogens is 320 g/mol. The van der Waals surface area contributed by atoms with Gasteiger partial charge in [-0.05, 0) is 36.4 Å². The lowest BCUT2D eigenvalue weighted by atomic mass is 9.98. The molecule has 5 nitrogen and oxygen atoms in total. The summed E-state index contributed by atoms with van der Waals surface area (Å²) in [5.74, 6) is -1.71. The van der Waals surface area contributed by atoms with Crippen LogP contribution in [-0.4, -0.2) is 31.9 Å². The van der Waals surface area contributed by atoms with E-state index in [1.165, 1.54) is 32.4 Å². The van der Waals surface area contributed by atoms with Crippen molar-refractivity contribution in [3.63, 3.8) is 0 Å². The molecule has 118 valence electrons. The zero-order chi connectivity index (χ0) is 17.0. The summed E-state index contributed by atoms with van der Waals surface area (Å²) in [5, 5.41) is 0.512. The molecule has 0 radical (unpaired) electrons. The largest absolute Gasteiger partial charge is 0.465 e. The highest BCUT2D eigenvalue weighted by molar-refractivity contribution is 6.30. The lowest BCUT2D eigenvalue weighted by molar-refractivity contribution is 0.0555. The van der Waals surface area contributed by atoms with Crippen LogP contribution in [0.5, 0.6) is 0 Å². The SMILES string of the molecule is COC(=O)c1ccc(C(=O)c2ccc(Cl)cc2)cc1C(=O)OC. The predicted molar refractivity (Wildman–Crippen MR) is 84.0 cm³/mol. The molecule has 0 saturated carbocycles. The fraction of sp³-hybridized carbons (Fsp3) is 0.118. The molecular formula is C17H13ClO5. The molecule has 2 rings (SSSR count). The van der Waals surface area contributed by atoms with Crippen LogP contribution in [0.4, 0.5) is 0 Å². The quantitative estimate of drug-likeness (QED) is 0.635. The number of benzene rings is 2. The Morgan fingerprint density at radius 2 is 1.30 bits per heavy atom. The highest BCUT2D eigenvalue weighted by Crippen LogP contribution is 2.19. The van der Waals surface area contributed by atoms with Crippen LogP contribution in [0.3, 0.4) is 0 Å². The Kier molecular flexibility index (Phi) is 5.13. The summed E-state index contributed by atoms with van der Waals surface area (Å²) in [7, 11) is 2.40. The zero-order valence-electron chi connectivity index (χ0n) is 12.5. The number of methoxy groups -OCH3 is 2. The monoisotopic (exact) mass is 332 g/mol. The van der Waals surface area contributed by atoms with Crippen molar-refractivity contribution in [2.24, 2.45) is 0 Å². The molecule has 0 N–H and O–H groups in total. The van der Waals surface area contributed by atoms with Crippen LogP contribution in [0, 0.1) is 0 Å².